The maximum Gasteiger partial charge on any atom is 0.142 e. The lowest BCUT2D eigenvalue weighted by Crippen LogP contribution is -2.36. The van der Waals surface area contributed by atoms with Crippen molar-refractivity contribution in [2.45, 2.75) is 46.1 Å². The van der Waals surface area contributed by atoms with Crippen molar-refractivity contribution in [3.63, 3.8) is 0 Å². The normalized spacial score (nSPS) is 14.5. The highest BCUT2D eigenvalue weighted by Crippen LogP contribution is 2.23. The van der Waals surface area contributed by atoms with Crippen LogP contribution in [0.3, 0.4) is 0 Å². The summed E-state index contributed by atoms with van der Waals surface area (Å²) in [4.78, 5) is 0. The molecule has 2 atom stereocenters. The van der Waals surface area contributed by atoms with Gasteiger partial charge in [0, 0.05) is 6.04 Å². The van der Waals surface area contributed by atoms with Crippen molar-refractivity contribution in [1.29, 1.82) is 0 Å². The molecule has 0 aromatic heterocycles. The van der Waals surface area contributed by atoms with Crippen LogP contribution in [0.2, 0.25) is 5.02 Å². The lowest BCUT2D eigenvalue weighted by molar-refractivity contribution is 0.357. The Labute approximate surface area is 115 Å². The number of halogens is 2. The molecule has 0 aliphatic carbocycles. The van der Waals surface area contributed by atoms with Crippen molar-refractivity contribution in [2.75, 3.05) is 6.54 Å². The van der Waals surface area contributed by atoms with Gasteiger partial charge in [-0.3, -0.25) is 0 Å². The number of hydrogen-bond acceptors (Lipinski definition) is 1. The van der Waals surface area contributed by atoms with Gasteiger partial charge in [0.05, 0.1) is 5.02 Å². The molecule has 0 amide bonds. The Balaban J connectivity index is 2.79. The van der Waals surface area contributed by atoms with Crippen molar-refractivity contribution >= 4 is 11.6 Å². The summed E-state index contributed by atoms with van der Waals surface area (Å²) in [6, 6.07) is 5.40. The van der Waals surface area contributed by atoms with Crippen LogP contribution in [0.25, 0.3) is 0 Å². The quantitative estimate of drug-likeness (QED) is 0.773. The van der Waals surface area contributed by atoms with Gasteiger partial charge in [-0.2, -0.15) is 0 Å². The molecule has 0 saturated carbocycles. The first-order valence-corrected chi connectivity index (χ1v) is 7.14. The standard InChI is InChI=1S/C15H23ClFN/c1-4-7-11(3)14(18-5-2)10-12-8-6-9-13(17)15(12)16/h6,8-9,11,14,18H,4-5,7,10H2,1-3H3. The van der Waals surface area contributed by atoms with Crippen molar-refractivity contribution < 1.29 is 4.39 Å². The van der Waals surface area contributed by atoms with Gasteiger partial charge in [-0.05, 0) is 36.9 Å². The molecule has 0 radical (unpaired) electrons. The summed E-state index contributed by atoms with van der Waals surface area (Å²) >= 11 is 6.02. The molecule has 0 spiro atoms. The maximum absolute atomic E-state index is 13.4. The fourth-order valence-electron chi connectivity index (χ4n) is 2.34. The number of hydrogen-bond donors (Lipinski definition) is 1. The molecular weight excluding hydrogens is 249 g/mol. The van der Waals surface area contributed by atoms with Crippen LogP contribution in [-0.2, 0) is 6.42 Å². The number of likely N-dealkylation sites (N-methyl/N-ethyl adjacent to an activating group) is 1. The molecule has 3 heteroatoms. The topological polar surface area (TPSA) is 12.0 Å². The summed E-state index contributed by atoms with van der Waals surface area (Å²) in [6.45, 7) is 7.45. The van der Waals surface area contributed by atoms with Crippen molar-refractivity contribution in [3.05, 3.63) is 34.6 Å². The first-order valence-electron chi connectivity index (χ1n) is 6.76. The van der Waals surface area contributed by atoms with Gasteiger partial charge in [0.25, 0.3) is 0 Å². The molecule has 102 valence electrons. The molecule has 0 bridgehead atoms. The number of rotatable bonds is 7. The summed E-state index contributed by atoms with van der Waals surface area (Å²) in [5.74, 6) is 0.238. The Bertz CT molecular complexity index is 368. The molecule has 0 fully saturated rings. The summed E-state index contributed by atoms with van der Waals surface area (Å²) in [5, 5.41) is 3.75. The Kier molecular flexibility index (Phi) is 6.66. The van der Waals surface area contributed by atoms with E-state index in [0.29, 0.717) is 12.0 Å². The van der Waals surface area contributed by atoms with E-state index in [1.165, 1.54) is 18.9 Å². The minimum absolute atomic E-state index is 0.268. The SMILES string of the molecule is CCCC(C)C(Cc1cccc(F)c1Cl)NCC. The van der Waals surface area contributed by atoms with Gasteiger partial charge in [-0.25, -0.2) is 4.39 Å². The zero-order valence-corrected chi connectivity index (χ0v) is 12.2. The highest BCUT2D eigenvalue weighted by molar-refractivity contribution is 6.31. The second-order valence-electron chi connectivity index (χ2n) is 4.85. The van der Waals surface area contributed by atoms with Gasteiger partial charge in [-0.1, -0.05) is 50.9 Å². The van der Waals surface area contributed by atoms with E-state index in [9.17, 15) is 4.39 Å². The smallest absolute Gasteiger partial charge is 0.142 e. The van der Waals surface area contributed by atoms with E-state index < -0.39 is 0 Å². The highest BCUT2D eigenvalue weighted by Gasteiger charge is 2.18. The second kappa shape index (κ2) is 7.75. The largest absolute Gasteiger partial charge is 0.314 e. The van der Waals surface area contributed by atoms with Crippen molar-refractivity contribution in [1.82, 2.24) is 5.32 Å². The van der Waals surface area contributed by atoms with E-state index in [0.717, 1.165) is 18.5 Å². The van der Waals surface area contributed by atoms with E-state index >= 15 is 0 Å². The van der Waals surface area contributed by atoms with Crippen LogP contribution in [0.4, 0.5) is 4.39 Å². The summed E-state index contributed by atoms with van der Waals surface area (Å²) in [5.41, 5.74) is 0.894. The summed E-state index contributed by atoms with van der Waals surface area (Å²) < 4.78 is 13.4. The zero-order valence-electron chi connectivity index (χ0n) is 11.5. The van der Waals surface area contributed by atoms with Crippen LogP contribution in [0, 0.1) is 11.7 Å². The van der Waals surface area contributed by atoms with E-state index in [-0.39, 0.29) is 10.8 Å². The highest BCUT2D eigenvalue weighted by atomic mass is 35.5. The first-order chi connectivity index (χ1) is 8.60. The van der Waals surface area contributed by atoms with Crippen molar-refractivity contribution in [2.24, 2.45) is 5.92 Å². The van der Waals surface area contributed by atoms with Crippen LogP contribution >= 0.6 is 11.6 Å². The van der Waals surface area contributed by atoms with Crippen LogP contribution in [0.1, 0.15) is 39.2 Å². The first kappa shape index (κ1) is 15.5. The minimum atomic E-state index is -0.326. The fourth-order valence-corrected chi connectivity index (χ4v) is 2.54. The Morgan fingerprint density at radius 2 is 2.06 bits per heavy atom. The van der Waals surface area contributed by atoms with Crippen LogP contribution < -0.4 is 5.32 Å². The molecule has 0 heterocycles. The monoisotopic (exact) mass is 271 g/mol. The lowest BCUT2D eigenvalue weighted by Gasteiger charge is -2.25. The van der Waals surface area contributed by atoms with E-state index in [2.05, 4.69) is 26.1 Å². The van der Waals surface area contributed by atoms with E-state index in [1.807, 2.05) is 6.07 Å². The van der Waals surface area contributed by atoms with Gasteiger partial charge >= 0.3 is 0 Å². The molecule has 1 rings (SSSR count). The third-order valence-corrected chi connectivity index (χ3v) is 3.79. The molecule has 0 saturated heterocycles. The van der Waals surface area contributed by atoms with Crippen LogP contribution in [0.5, 0.6) is 0 Å². The number of benzene rings is 1. The molecule has 1 nitrogen and oxygen atoms in total. The molecule has 2 unspecified atom stereocenters. The molecular formula is C15H23ClFN. The second-order valence-corrected chi connectivity index (χ2v) is 5.23. The molecule has 1 aromatic carbocycles. The minimum Gasteiger partial charge on any atom is -0.314 e. The van der Waals surface area contributed by atoms with Gasteiger partial charge in [0.2, 0.25) is 0 Å². The lowest BCUT2D eigenvalue weighted by atomic mass is 9.91. The third-order valence-electron chi connectivity index (χ3n) is 3.37. The van der Waals surface area contributed by atoms with Crippen LogP contribution in [0.15, 0.2) is 18.2 Å². The summed E-state index contributed by atoms with van der Waals surface area (Å²) in [6.07, 6.45) is 3.12. The molecule has 0 aliphatic heterocycles. The molecule has 0 aliphatic rings. The van der Waals surface area contributed by atoms with Crippen molar-refractivity contribution in [3.8, 4) is 0 Å². The fraction of sp³-hybridized carbons (Fsp3) is 0.600. The average Bonchev–Trinajstić information content (AvgIpc) is 2.34. The Morgan fingerprint density at radius 3 is 2.67 bits per heavy atom. The average molecular weight is 272 g/mol. The Hall–Kier alpha value is -0.600. The predicted octanol–water partition coefficient (Wildman–Crippen LogP) is 4.44. The van der Waals surface area contributed by atoms with Gasteiger partial charge in [0.15, 0.2) is 0 Å². The summed E-state index contributed by atoms with van der Waals surface area (Å²) in [7, 11) is 0. The molecule has 1 N–H and O–H groups in total. The van der Waals surface area contributed by atoms with E-state index in [1.54, 1.807) is 6.07 Å². The third kappa shape index (κ3) is 4.25. The van der Waals surface area contributed by atoms with Crippen LogP contribution in [-0.4, -0.2) is 12.6 Å². The van der Waals surface area contributed by atoms with E-state index in [4.69, 9.17) is 11.6 Å². The van der Waals surface area contributed by atoms with Gasteiger partial charge in [0.1, 0.15) is 5.82 Å². The predicted molar refractivity (Wildman–Crippen MR) is 76.7 cm³/mol. The maximum atomic E-state index is 13.4. The zero-order chi connectivity index (χ0) is 13.5. The van der Waals surface area contributed by atoms with Gasteiger partial charge < -0.3 is 5.32 Å². The molecule has 1 aromatic rings. The Morgan fingerprint density at radius 1 is 1.33 bits per heavy atom. The van der Waals surface area contributed by atoms with Gasteiger partial charge in [-0.15, -0.1) is 0 Å². The number of nitrogens with one attached hydrogen (secondary N) is 1. The molecule has 18 heavy (non-hydrogen) atoms.